The summed E-state index contributed by atoms with van der Waals surface area (Å²) >= 11 is 0. The van der Waals surface area contributed by atoms with Crippen molar-refractivity contribution in [3.8, 4) is 0 Å². The number of urea groups is 1. The van der Waals surface area contributed by atoms with Crippen LogP contribution in [0.5, 0.6) is 0 Å². The predicted octanol–water partition coefficient (Wildman–Crippen LogP) is 0.245. The van der Waals surface area contributed by atoms with Crippen molar-refractivity contribution < 1.29 is 4.79 Å². The number of nitrogens with one attached hydrogen (secondary N) is 1. The molecule has 0 bridgehead atoms. The van der Waals surface area contributed by atoms with Crippen LogP contribution in [0.2, 0.25) is 0 Å². The van der Waals surface area contributed by atoms with Crippen molar-refractivity contribution in [2.45, 2.75) is 18.4 Å². The average Bonchev–Trinajstić information content (AvgIpc) is 2.37. The highest BCUT2D eigenvalue weighted by Crippen LogP contribution is 2.27. The summed E-state index contributed by atoms with van der Waals surface area (Å²) in [7, 11) is 1.83. The minimum atomic E-state index is -0.100. The number of hydrogen-bond donors (Lipinski definition) is 1. The van der Waals surface area contributed by atoms with Gasteiger partial charge in [-0.3, -0.25) is 0 Å². The van der Waals surface area contributed by atoms with Gasteiger partial charge in [-0.25, -0.2) is 9.79 Å². The van der Waals surface area contributed by atoms with Gasteiger partial charge in [0.05, 0.1) is 5.54 Å². The number of amides is 2. The molecule has 2 aliphatic heterocycles. The first-order valence-electron chi connectivity index (χ1n) is 4.28. The molecule has 1 saturated heterocycles. The summed E-state index contributed by atoms with van der Waals surface area (Å²) in [6.07, 6.45) is 3.79. The smallest absolute Gasteiger partial charge is 0.317 e. The second-order valence-corrected chi connectivity index (χ2v) is 3.45. The van der Waals surface area contributed by atoms with Crippen LogP contribution >= 0.6 is 0 Å². The van der Waals surface area contributed by atoms with Gasteiger partial charge in [-0.2, -0.15) is 0 Å². The van der Waals surface area contributed by atoms with E-state index in [2.05, 4.69) is 10.3 Å². The maximum absolute atomic E-state index is 11.2. The topological polar surface area (TPSA) is 44.7 Å². The van der Waals surface area contributed by atoms with Gasteiger partial charge in [-0.1, -0.05) is 0 Å². The van der Waals surface area contributed by atoms with Crippen molar-refractivity contribution in [2.75, 3.05) is 20.1 Å². The van der Waals surface area contributed by atoms with E-state index in [9.17, 15) is 4.79 Å². The van der Waals surface area contributed by atoms with Crippen molar-refractivity contribution in [3.63, 3.8) is 0 Å². The lowest BCUT2D eigenvalue weighted by atomic mass is 9.89. The van der Waals surface area contributed by atoms with Gasteiger partial charge in [-0.05, 0) is 25.9 Å². The summed E-state index contributed by atoms with van der Waals surface area (Å²) in [6, 6.07) is -0.100. The first kappa shape index (κ1) is 7.73. The van der Waals surface area contributed by atoms with E-state index in [1.165, 1.54) is 0 Å². The zero-order chi connectivity index (χ0) is 8.60. The zero-order valence-corrected chi connectivity index (χ0v) is 7.21. The number of carbonyl (C=O) groups is 1. The van der Waals surface area contributed by atoms with Crippen molar-refractivity contribution in [1.29, 1.82) is 0 Å². The number of aliphatic imine (C=N–C) groups is 1. The highest BCUT2D eigenvalue weighted by molar-refractivity contribution is 5.95. The molecule has 0 aliphatic carbocycles. The monoisotopic (exact) mass is 167 g/mol. The minimum absolute atomic E-state index is 0.0671. The van der Waals surface area contributed by atoms with Crippen LogP contribution in [0.3, 0.4) is 0 Å². The maximum atomic E-state index is 11.2. The van der Waals surface area contributed by atoms with E-state index in [1.54, 1.807) is 4.90 Å². The van der Waals surface area contributed by atoms with Gasteiger partial charge in [0.1, 0.15) is 0 Å². The Morgan fingerprint density at radius 1 is 1.58 bits per heavy atom. The third-order valence-corrected chi connectivity index (χ3v) is 2.84. The molecule has 2 heterocycles. The predicted molar refractivity (Wildman–Crippen MR) is 46.5 cm³/mol. The lowest BCUT2D eigenvalue weighted by Gasteiger charge is -2.37. The standard InChI is InChI=1S/C8H13N3O/c1-11-7(12)10-6-8(11)2-4-9-5-3-8/h6,9H,2-5H2,1H3. The minimum Gasteiger partial charge on any atom is -0.317 e. The molecular formula is C8H13N3O. The maximum Gasteiger partial charge on any atom is 0.343 e. The third-order valence-electron chi connectivity index (χ3n) is 2.84. The largest absolute Gasteiger partial charge is 0.343 e. The number of hydrogen-bond acceptors (Lipinski definition) is 2. The van der Waals surface area contributed by atoms with Crippen LogP contribution in [0.25, 0.3) is 0 Å². The van der Waals surface area contributed by atoms with E-state index in [0.717, 1.165) is 25.9 Å². The molecule has 2 rings (SSSR count). The molecule has 1 N–H and O–H groups in total. The van der Waals surface area contributed by atoms with Crippen LogP contribution in [0, 0.1) is 0 Å². The summed E-state index contributed by atoms with van der Waals surface area (Å²) in [5, 5.41) is 3.27. The molecule has 4 heteroatoms. The fourth-order valence-electron chi connectivity index (χ4n) is 1.86. The van der Waals surface area contributed by atoms with E-state index < -0.39 is 0 Å². The number of rotatable bonds is 0. The van der Waals surface area contributed by atoms with E-state index in [0.29, 0.717) is 0 Å². The first-order valence-corrected chi connectivity index (χ1v) is 4.28. The Kier molecular flexibility index (Phi) is 1.65. The van der Waals surface area contributed by atoms with Crippen LogP contribution in [-0.2, 0) is 0 Å². The van der Waals surface area contributed by atoms with Gasteiger partial charge < -0.3 is 10.2 Å². The number of piperidine rings is 1. The molecule has 66 valence electrons. The summed E-state index contributed by atoms with van der Waals surface area (Å²) in [6.45, 7) is 1.95. The second kappa shape index (κ2) is 2.55. The Morgan fingerprint density at radius 2 is 2.25 bits per heavy atom. The average molecular weight is 167 g/mol. The molecule has 4 nitrogen and oxygen atoms in total. The van der Waals surface area contributed by atoms with E-state index in [-0.39, 0.29) is 11.6 Å². The van der Waals surface area contributed by atoms with E-state index in [1.807, 2.05) is 13.3 Å². The molecular weight excluding hydrogens is 154 g/mol. The van der Waals surface area contributed by atoms with Crippen molar-refractivity contribution in [3.05, 3.63) is 0 Å². The second-order valence-electron chi connectivity index (χ2n) is 3.45. The molecule has 12 heavy (non-hydrogen) atoms. The molecule has 0 aromatic carbocycles. The summed E-state index contributed by atoms with van der Waals surface area (Å²) in [5.74, 6) is 0. The summed E-state index contributed by atoms with van der Waals surface area (Å²) in [4.78, 5) is 16.7. The third kappa shape index (κ3) is 0.948. The first-order chi connectivity index (χ1) is 5.75. The van der Waals surface area contributed by atoms with Gasteiger partial charge in [0.25, 0.3) is 0 Å². The van der Waals surface area contributed by atoms with E-state index in [4.69, 9.17) is 0 Å². The van der Waals surface area contributed by atoms with Gasteiger partial charge in [0.2, 0.25) is 0 Å². The number of nitrogens with zero attached hydrogens (tertiary/aromatic N) is 2. The Morgan fingerprint density at radius 3 is 2.75 bits per heavy atom. The molecule has 2 aliphatic rings. The highest BCUT2D eigenvalue weighted by Gasteiger charge is 2.40. The lowest BCUT2D eigenvalue weighted by Crippen LogP contribution is -2.52. The summed E-state index contributed by atoms with van der Waals surface area (Å²) < 4.78 is 0. The zero-order valence-electron chi connectivity index (χ0n) is 7.21. The molecule has 1 spiro atoms. The highest BCUT2D eigenvalue weighted by atomic mass is 16.2. The normalized spacial score (nSPS) is 27.1. The Bertz CT molecular complexity index is 230. The van der Waals surface area contributed by atoms with Crippen molar-refractivity contribution in [1.82, 2.24) is 10.2 Å². The van der Waals surface area contributed by atoms with Gasteiger partial charge in [0, 0.05) is 13.3 Å². The van der Waals surface area contributed by atoms with Gasteiger partial charge in [0.15, 0.2) is 0 Å². The quantitative estimate of drug-likeness (QED) is 0.562. The molecule has 0 atom stereocenters. The fourth-order valence-corrected chi connectivity index (χ4v) is 1.86. The Hall–Kier alpha value is -0.900. The molecule has 0 radical (unpaired) electrons. The fraction of sp³-hybridized carbons (Fsp3) is 0.750. The molecule has 0 aromatic heterocycles. The Labute approximate surface area is 71.6 Å². The van der Waals surface area contributed by atoms with Gasteiger partial charge >= 0.3 is 6.03 Å². The van der Waals surface area contributed by atoms with Crippen LogP contribution in [0.1, 0.15) is 12.8 Å². The van der Waals surface area contributed by atoms with Crippen LogP contribution in [0.4, 0.5) is 4.79 Å². The number of carbonyl (C=O) groups excluding carboxylic acids is 1. The van der Waals surface area contributed by atoms with Crippen LogP contribution in [0.15, 0.2) is 4.99 Å². The summed E-state index contributed by atoms with van der Waals surface area (Å²) in [5.41, 5.74) is -0.0671. The molecule has 2 amide bonds. The molecule has 0 saturated carbocycles. The van der Waals surface area contributed by atoms with Gasteiger partial charge in [-0.15, -0.1) is 0 Å². The lowest BCUT2D eigenvalue weighted by molar-refractivity contribution is 0.171. The molecule has 1 fully saturated rings. The van der Waals surface area contributed by atoms with Crippen LogP contribution in [-0.4, -0.2) is 42.8 Å². The van der Waals surface area contributed by atoms with Crippen molar-refractivity contribution >= 4 is 12.2 Å². The SMILES string of the molecule is CN1C(=O)N=CC12CCNCC2. The van der Waals surface area contributed by atoms with Crippen LogP contribution < -0.4 is 5.32 Å². The molecule has 0 unspecified atom stereocenters. The van der Waals surface area contributed by atoms with E-state index >= 15 is 0 Å². The van der Waals surface area contributed by atoms with Crippen molar-refractivity contribution in [2.24, 2.45) is 4.99 Å². The molecule has 0 aromatic rings. The Balaban J connectivity index is 2.20.